The van der Waals surface area contributed by atoms with Gasteiger partial charge in [0.2, 0.25) is 0 Å². The van der Waals surface area contributed by atoms with Crippen LogP contribution in [0.25, 0.3) is 0 Å². The minimum absolute atomic E-state index is 0.0622. The fourth-order valence-electron chi connectivity index (χ4n) is 1.13. The summed E-state index contributed by atoms with van der Waals surface area (Å²) in [7, 11) is 0. The number of alkyl halides is 4. The Morgan fingerprint density at radius 3 is 2.25 bits per heavy atom. The monoisotopic (exact) mass is 298 g/mol. The van der Waals surface area contributed by atoms with E-state index in [1.165, 1.54) is 12.1 Å². The highest BCUT2D eigenvalue weighted by molar-refractivity contribution is 5.89. The van der Waals surface area contributed by atoms with Gasteiger partial charge in [-0.1, -0.05) is 12.1 Å². The number of carboxylic acid groups (broad SMARTS) is 1. The molecule has 0 unspecified atom stereocenters. The van der Waals surface area contributed by atoms with Crippen LogP contribution in [0, 0.1) is 5.82 Å². The molecule has 0 atom stereocenters. The van der Waals surface area contributed by atoms with Crippen molar-refractivity contribution in [2.75, 3.05) is 0 Å². The maximum Gasteiger partial charge on any atom is 0.415 e. The van der Waals surface area contributed by atoms with Crippen molar-refractivity contribution in [1.29, 1.82) is 0 Å². The summed E-state index contributed by atoms with van der Waals surface area (Å²) in [6.07, 6.45) is 0. The molecule has 1 aromatic rings. The molecule has 1 aromatic carbocycles. The van der Waals surface area contributed by atoms with Crippen molar-refractivity contribution in [2.45, 2.75) is 18.5 Å². The number of rotatable bonds is 5. The first-order chi connectivity index (χ1) is 9.09. The molecule has 9 heteroatoms. The van der Waals surface area contributed by atoms with Crippen molar-refractivity contribution in [3.8, 4) is 0 Å². The maximum atomic E-state index is 12.9. The van der Waals surface area contributed by atoms with Gasteiger partial charge < -0.3 is 9.84 Å². The number of halogens is 5. The lowest BCUT2D eigenvalue weighted by atomic mass is 10.1. The fourth-order valence-corrected chi connectivity index (χ4v) is 1.13. The van der Waals surface area contributed by atoms with E-state index >= 15 is 0 Å². The third-order valence-corrected chi connectivity index (χ3v) is 2.18. The zero-order valence-corrected chi connectivity index (χ0v) is 9.58. The molecule has 1 rings (SSSR count). The van der Waals surface area contributed by atoms with Gasteiger partial charge in [0.05, 0.1) is 0 Å². The first-order valence-corrected chi connectivity index (χ1v) is 4.99. The average molecular weight is 298 g/mol. The zero-order valence-electron chi connectivity index (χ0n) is 9.58. The lowest BCUT2D eigenvalue weighted by Crippen LogP contribution is -2.52. The van der Waals surface area contributed by atoms with E-state index in [0.717, 1.165) is 12.1 Å². The quantitative estimate of drug-likeness (QED) is 0.669. The third-order valence-electron chi connectivity index (χ3n) is 2.18. The molecule has 0 saturated heterocycles. The first kappa shape index (κ1) is 15.9. The van der Waals surface area contributed by atoms with Crippen LogP contribution in [0.1, 0.15) is 5.56 Å². The number of esters is 1. The molecule has 0 spiro atoms. The molecule has 0 aromatic heterocycles. The summed E-state index contributed by atoms with van der Waals surface area (Å²) >= 11 is 0. The van der Waals surface area contributed by atoms with Gasteiger partial charge in [0.1, 0.15) is 12.4 Å². The third kappa shape index (κ3) is 3.03. The van der Waals surface area contributed by atoms with Gasteiger partial charge in [-0.15, -0.1) is 0 Å². The van der Waals surface area contributed by atoms with Crippen LogP contribution in [0.15, 0.2) is 24.3 Å². The molecular weight excluding hydrogens is 291 g/mol. The van der Waals surface area contributed by atoms with Crippen molar-refractivity contribution < 1.29 is 41.4 Å². The van der Waals surface area contributed by atoms with Crippen LogP contribution in [0.5, 0.6) is 0 Å². The molecule has 0 amide bonds. The van der Waals surface area contributed by atoms with E-state index in [4.69, 9.17) is 5.11 Å². The Morgan fingerprint density at radius 2 is 1.75 bits per heavy atom. The van der Waals surface area contributed by atoms with E-state index in [9.17, 15) is 31.5 Å². The van der Waals surface area contributed by atoms with Gasteiger partial charge in [0.15, 0.2) is 0 Å². The Balaban J connectivity index is 2.78. The Hall–Kier alpha value is -2.19. The van der Waals surface area contributed by atoms with E-state index in [1.807, 2.05) is 0 Å². The molecule has 0 bridgehead atoms. The minimum Gasteiger partial charge on any atom is -0.477 e. The summed E-state index contributed by atoms with van der Waals surface area (Å²) in [6.45, 7) is -0.901. The van der Waals surface area contributed by atoms with Crippen molar-refractivity contribution in [1.82, 2.24) is 0 Å². The second kappa shape index (κ2) is 5.43. The van der Waals surface area contributed by atoms with Gasteiger partial charge in [-0.2, -0.15) is 17.6 Å². The van der Waals surface area contributed by atoms with Crippen molar-refractivity contribution in [3.63, 3.8) is 0 Å². The van der Waals surface area contributed by atoms with E-state index in [0.29, 0.717) is 0 Å². The molecule has 0 radical (unpaired) electrons. The second-order valence-electron chi connectivity index (χ2n) is 3.66. The summed E-state index contributed by atoms with van der Waals surface area (Å²) in [5.41, 5.74) is -0.0622. The van der Waals surface area contributed by atoms with Gasteiger partial charge in [0, 0.05) is 0 Å². The summed E-state index contributed by atoms with van der Waals surface area (Å²) in [6, 6.07) is 4.24. The highest BCUT2D eigenvalue weighted by Crippen LogP contribution is 2.35. The Morgan fingerprint density at radius 1 is 1.15 bits per heavy atom. The number of hydrogen-bond acceptors (Lipinski definition) is 3. The first-order valence-electron chi connectivity index (χ1n) is 4.99. The van der Waals surface area contributed by atoms with Crippen molar-refractivity contribution >= 4 is 11.9 Å². The van der Waals surface area contributed by atoms with Gasteiger partial charge in [-0.05, 0) is 17.7 Å². The van der Waals surface area contributed by atoms with Crippen LogP contribution in [0.2, 0.25) is 0 Å². The number of aliphatic carboxylic acids is 1. The smallest absolute Gasteiger partial charge is 0.415 e. The Bertz CT molecular complexity index is 529. The van der Waals surface area contributed by atoms with Crippen molar-refractivity contribution in [2.24, 2.45) is 0 Å². The van der Waals surface area contributed by atoms with Gasteiger partial charge in [-0.3, -0.25) is 0 Å². The van der Waals surface area contributed by atoms with E-state index in [1.54, 1.807) is 0 Å². The van der Waals surface area contributed by atoms with E-state index in [2.05, 4.69) is 4.74 Å². The lowest BCUT2D eigenvalue weighted by molar-refractivity contribution is -0.235. The molecule has 20 heavy (non-hydrogen) atoms. The van der Waals surface area contributed by atoms with Gasteiger partial charge >= 0.3 is 23.8 Å². The average Bonchev–Trinajstić information content (AvgIpc) is 2.35. The molecule has 0 saturated carbocycles. The lowest BCUT2D eigenvalue weighted by Gasteiger charge is -2.20. The van der Waals surface area contributed by atoms with Gasteiger partial charge in [0.25, 0.3) is 0 Å². The van der Waals surface area contributed by atoms with E-state index in [-0.39, 0.29) is 5.56 Å². The zero-order chi connectivity index (χ0) is 15.6. The molecule has 0 aliphatic carbocycles. The Labute approximate surface area is 108 Å². The fraction of sp³-hybridized carbons (Fsp3) is 0.273. The van der Waals surface area contributed by atoms with Crippen LogP contribution in [0.3, 0.4) is 0 Å². The molecule has 0 aliphatic rings. The summed E-state index contributed by atoms with van der Waals surface area (Å²) < 4.78 is 67.8. The molecule has 0 aliphatic heterocycles. The number of benzene rings is 1. The van der Waals surface area contributed by atoms with Crippen LogP contribution in [-0.4, -0.2) is 28.9 Å². The van der Waals surface area contributed by atoms with Gasteiger partial charge in [-0.25, -0.2) is 14.0 Å². The predicted octanol–water partition coefficient (Wildman–Crippen LogP) is 2.22. The largest absolute Gasteiger partial charge is 0.477 e. The molecular formula is C11H7F5O4. The number of carboxylic acids is 1. The summed E-state index contributed by atoms with van der Waals surface area (Å²) in [4.78, 5) is 20.9. The van der Waals surface area contributed by atoms with Crippen LogP contribution in [-0.2, 0) is 20.9 Å². The summed E-state index contributed by atoms with van der Waals surface area (Å²) in [5.74, 6) is -17.8. The highest BCUT2D eigenvalue weighted by Gasteiger charge is 2.68. The topological polar surface area (TPSA) is 63.6 Å². The second-order valence-corrected chi connectivity index (χ2v) is 3.66. The Kier molecular flexibility index (Phi) is 4.31. The molecule has 1 N–H and O–H groups in total. The molecule has 0 fully saturated rings. The highest BCUT2D eigenvalue weighted by atomic mass is 19.3. The number of hydrogen-bond donors (Lipinski definition) is 1. The number of carbonyl (C=O) groups is 2. The summed E-state index contributed by atoms with van der Waals surface area (Å²) in [5, 5.41) is 7.96. The minimum atomic E-state index is -5.61. The molecule has 110 valence electrons. The van der Waals surface area contributed by atoms with Crippen LogP contribution < -0.4 is 0 Å². The predicted molar refractivity (Wildman–Crippen MR) is 53.7 cm³/mol. The molecule has 4 nitrogen and oxygen atoms in total. The standard InChI is InChI=1S/C11H7F5O4/c12-7-3-1-2-6(4-7)5-20-9(19)11(15,16)10(13,14)8(17)18/h1-4H,5H2,(H,17,18). The maximum absolute atomic E-state index is 12.9. The van der Waals surface area contributed by atoms with Crippen molar-refractivity contribution in [3.05, 3.63) is 35.6 Å². The molecule has 0 heterocycles. The number of ether oxygens (including phenoxy) is 1. The normalized spacial score (nSPS) is 12.1. The van der Waals surface area contributed by atoms with E-state index < -0.39 is 36.2 Å². The van der Waals surface area contributed by atoms with Crippen LogP contribution in [0.4, 0.5) is 22.0 Å². The SMILES string of the molecule is O=C(O)C(F)(F)C(F)(F)C(=O)OCc1cccc(F)c1. The number of carbonyl (C=O) groups excluding carboxylic acids is 1. The van der Waals surface area contributed by atoms with Crippen LogP contribution >= 0.6 is 0 Å².